The van der Waals surface area contributed by atoms with Crippen molar-refractivity contribution >= 4 is 12.2 Å². The summed E-state index contributed by atoms with van der Waals surface area (Å²) in [5.74, 6) is 0.643. The molecule has 0 aliphatic rings. The zero-order chi connectivity index (χ0) is 18.9. The minimum Gasteiger partial charge on any atom is -0.493 e. The molecule has 0 saturated heterocycles. The molecular formula is C24H25NO2. The number of unbranched alkanes of at least 4 members (excludes halogenated alkanes) is 1. The molecule has 0 unspecified atom stereocenters. The van der Waals surface area contributed by atoms with Crippen molar-refractivity contribution in [3.8, 4) is 5.75 Å². The molecule has 0 bridgehead atoms. The minimum atomic E-state index is -0.0416. The number of benzene rings is 2. The highest BCUT2D eigenvalue weighted by atomic mass is 16.5. The standard InChI is InChI=1S/C24H25NO2/c1-2-3-18-27-23-16-17-25(19-21-12-8-5-9-13-21)24(26)22(23)15-14-20-10-6-4-7-11-20/h4-17H,2-3,18-19H2,1H3/b15-14+. The molecule has 1 aromatic heterocycles. The second-order valence-corrected chi connectivity index (χ2v) is 6.46. The Morgan fingerprint density at radius 1 is 0.926 bits per heavy atom. The van der Waals surface area contributed by atoms with Crippen LogP contribution in [0.3, 0.4) is 0 Å². The fourth-order valence-corrected chi connectivity index (χ4v) is 2.83. The predicted octanol–water partition coefficient (Wildman–Crippen LogP) is 5.25. The maximum absolute atomic E-state index is 13.1. The van der Waals surface area contributed by atoms with Crippen LogP contribution in [-0.2, 0) is 6.54 Å². The number of hydrogen-bond donors (Lipinski definition) is 0. The minimum absolute atomic E-state index is 0.0416. The highest BCUT2D eigenvalue weighted by molar-refractivity contribution is 5.72. The Kier molecular flexibility index (Phi) is 6.64. The molecule has 1 heterocycles. The van der Waals surface area contributed by atoms with E-state index in [0.29, 0.717) is 24.5 Å². The molecule has 3 nitrogen and oxygen atoms in total. The van der Waals surface area contributed by atoms with Gasteiger partial charge < -0.3 is 9.30 Å². The summed E-state index contributed by atoms with van der Waals surface area (Å²) in [6.45, 7) is 3.28. The van der Waals surface area contributed by atoms with Gasteiger partial charge in [0.2, 0.25) is 0 Å². The van der Waals surface area contributed by atoms with Gasteiger partial charge in [0.25, 0.3) is 5.56 Å². The van der Waals surface area contributed by atoms with Crippen molar-refractivity contribution in [1.29, 1.82) is 0 Å². The Labute approximate surface area is 160 Å². The summed E-state index contributed by atoms with van der Waals surface area (Å²) in [4.78, 5) is 13.1. The smallest absolute Gasteiger partial charge is 0.261 e. The number of pyridine rings is 1. The molecule has 0 spiro atoms. The van der Waals surface area contributed by atoms with Crippen LogP contribution in [-0.4, -0.2) is 11.2 Å². The fourth-order valence-electron chi connectivity index (χ4n) is 2.83. The van der Waals surface area contributed by atoms with E-state index in [1.807, 2.05) is 85.1 Å². The van der Waals surface area contributed by atoms with Gasteiger partial charge in [0.05, 0.1) is 18.7 Å². The van der Waals surface area contributed by atoms with E-state index in [-0.39, 0.29) is 5.56 Å². The summed E-state index contributed by atoms with van der Waals surface area (Å²) in [6.07, 6.45) is 7.66. The molecule has 2 aromatic carbocycles. The molecule has 0 aliphatic heterocycles. The highest BCUT2D eigenvalue weighted by Gasteiger charge is 2.09. The van der Waals surface area contributed by atoms with Crippen LogP contribution in [0.2, 0.25) is 0 Å². The van der Waals surface area contributed by atoms with E-state index >= 15 is 0 Å². The van der Waals surface area contributed by atoms with Gasteiger partial charge in [-0.3, -0.25) is 4.79 Å². The van der Waals surface area contributed by atoms with Crippen LogP contribution >= 0.6 is 0 Å². The summed E-state index contributed by atoms with van der Waals surface area (Å²) >= 11 is 0. The summed E-state index contributed by atoms with van der Waals surface area (Å²) in [6, 6.07) is 21.9. The first-order chi connectivity index (χ1) is 13.3. The summed E-state index contributed by atoms with van der Waals surface area (Å²) in [5.41, 5.74) is 2.69. The molecule has 0 atom stereocenters. The van der Waals surface area contributed by atoms with Crippen molar-refractivity contribution in [3.63, 3.8) is 0 Å². The molecular weight excluding hydrogens is 334 g/mol. The monoisotopic (exact) mass is 359 g/mol. The Morgan fingerprint density at radius 3 is 2.33 bits per heavy atom. The predicted molar refractivity (Wildman–Crippen MR) is 112 cm³/mol. The molecule has 3 heteroatoms. The third-order valence-electron chi connectivity index (χ3n) is 4.36. The molecule has 0 amide bonds. The zero-order valence-corrected chi connectivity index (χ0v) is 15.7. The molecule has 0 saturated carbocycles. The van der Waals surface area contributed by atoms with Crippen molar-refractivity contribution < 1.29 is 4.74 Å². The van der Waals surface area contributed by atoms with Crippen molar-refractivity contribution in [3.05, 3.63) is 100.0 Å². The summed E-state index contributed by atoms with van der Waals surface area (Å²) in [5, 5.41) is 0. The molecule has 3 rings (SSSR count). The van der Waals surface area contributed by atoms with Crippen molar-refractivity contribution in [2.75, 3.05) is 6.61 Å². The molecule has 138 valence electrons. The van der Waals surface area contributed by atoms with Crippen LogP contribution in [0, 0.1) is 0 Å². The fraction of sp³-hybridized carbons (Fsp3) is 0.208. The van der Waals surface area contributed by atoms with Crippen LogP contribution in [0.5, 0.6) is 5.75 Å². The van der Waals surface area contributed by atoms with Gasteiger partial charge >= 0.3 is 0 Å². The lowest BCUT2D eigenvalue weighted by Gasteiger charge is -2.12. The van der Waals surface area contributed by atoms with Crippen molar-refractivity contribution in [2.45, 2.75) is 26.3 Å². The first kappa shape index (κ1) is 18.7. The lowest BCUT2D eigenvalue weighted by Crippen LogP contribution is -2.23. The maximum Gasteiger partial charge on any atom is 0.261 e. The van der Waals surface area contributed by atoms with Crippen LogP contribution < -0.4 is 10.3 Å². The number of ether oxygens (including phenoxy) is 1. The van der Waals surface area contributed by atoms with Crippen LogP contribution in [0.4, 0.5) is 0 Å². The molecule has 3 aromatic rings. The SMILES string of the molecule is CCCCOc1ccn(Cc2ccccc2)c(=O)c1/C=C/c1ccccc1. The van der Waals surface area contributed by atoms with Crippen molar-refractivity contribution in [2.24, 2.45) is 0 Å². The summed E-state index contributed by atoms with van der Waals surface area (Å²) in [7, 11) is 0. The quantitative estimate of drug-likeness (QED) is 0.515. The van der Waals surface area contributed by atoms with Gasteiger partial charge in [-0.15, -0.1) is 0 Å². The molecule has 27 heavy (non-hydrogen) atoms. The van der Waals surface area contributed by atoms with Gasteiger partial charge in [-0.2, -0.15) is 0 Å². The maximum atomic E-state index is 13.1. The van der Waals surface area contributed by atoms with E-state index in [1.165, 1.54) is 0 Å². The van der Waals surface area contributed by atoms with Crippen molar-refractivity contribution in [1.82, 2.24) is 4.57 Å². The summed E-state index contributed by atoms with van der Waals surface area (Å²) < 4.78 is 7.62. The molecule has 0 aliphatic carbocycles. The third-order valence-corrected chi connectivity index (χ3v) is 4.36. The average Bonchev–Trinajstić information content (AvgIpc) is 2.71. The van der Waals surface area contributed by atoms with E-state index in [9.17, 15) is 4.79 Å². The number of hydrogen-bond acceptors (Lipinski definition) is 2. The average molecular weight is 359 g/mol. The van der Waals surface area contributed by atoms with Crippen LogP contribution in [0.25, 0.3) is 12.2 Å². The van der Waals surface area contributed by atoms with Gasteiger partial charge in [-0.25, -0.2) is 0 Å². The molecule has 0 N–H and O–H groups in total. The normalized spacial score (nSPS) is 11.0. The van der Waals surface area contributed by atoms with E-state index < -0.39 is 0 Å². The Balaban J connectivity index is 1.93. The zero-order valence-electron chi connectivity index (χ0n) is 15.7. The topological polar surface area (TPSA) is 31.2 Å². The Hall–Kier alpha value is -3.07. The second kappa shape index (κ2) is 9.58. The molecule has 0 fully saturated rings. The van der Waals surface area contributed by atoms with E-state index in [4.69, 9.17) is 4.74 Å². The second-order valence-electron chi connectivity index (χ2n) is 6.46. The van der Waals surface area contributed by atoms with Gasteiger partial charge in [-0.1, -0.05) is 80.1 Å². The first-order valence-electron chi connectivity index (χ1n) is 9.41. The number of rotatable bonds is 8. The first-order valence-corrected chi connectivity index (χ1v) is 9.41. The number of aromatic nitrogens is 1. The lowest BCUT2D eigenvalue weighted by atomic mass is 10.1. The van der Waals surface area contributed by atoms with Gasteiger partial charge in [0.1, 0.15) is 5.75 Å². The van der Waals surface area contributed by atoms with E-state index in [2.05, 4.69) is 6.92 Å². The molecule has 0 radical (unpaired) electrons. The third kappa shape index (κ3) is 5.20. The Bertz CT molecular complexity index is 928. The van der Waals surface area contributed by atoms with Gasteiger partial charge in [0.15, 0.2) is 0 Å². The van der Waals surface area contributed by atoms with Gasteiger partial charge in [0, 0.05) is 6.20 Å². The highest BCUT2D eigenvalue weighted by Crippen LogP contribution is 2.18. The van der Waals surface area contributed by atoms with Crippen LogP contribution in [0.1, 0.15) is 36.5 Å². The lowest BCUT2D eigenvalue weighted by molar-refractivity contribution is 0.307. The Morgan fingerprint density at radius 2 is 1.63 bits per heavy atom. The van der Waals surface area contributed by atoms with E-state index in [0.717, 1.165) is 24.0 Å². The number of nitrogens with zero attached hydrogens (tertiary/aromatic N) is 1. The largest absolute Gasteiger partial charge is 0.493 e. The van der Waals surface area contributed by atoms with Gasteiger partial charge in [-0.05, 0) is 29.7 Å². The van der Waals surface area contributed by atoms with E-state index in [1.54, 1.807) is 4.57 Å². The van der Waals surface area contributed by atoms with Crippen LogP contribution in [0.15, 0.2) is 77.7 Å².